The van der Waals surface area contributed by atoms with Gasteiger partial charge in [-0.3, -0.25) is 4.98 Å². The van der Waals surface area contributed by atoms with Gasteiger partial charge in [0.1, 0.15) is 0 Å². The van der Waals surface area contributed by atoms with Gasteiger partial charge in [-0.1, -0.05) is 27.5 Å². The van der Waals surface area contributed by atoms with Crippen molar-refractivity contribution in [2.75, 3.05) is 23.7 Å². The van der Waals surface area contributed by atoms with Crippen molar-refractivity contribution in [2.24, 2.45) is 0 Å². The highest BCUT2D eigenvalue weighted by Gasteiger charge is 2.02. The fourth-order valence-corrected chi connectivity index (χ4v) is 2.68. The maximum Gasteiger partial charge on any atom is 0.0737 e. The highest BCUT2D eigenvalue weighted by Crippen LogP contribution is 2.24. The summed E-state index contributed by atoms with van der Waals surface area (Å²) in [4.78, 5) is 4.34. The minimum Gasteiger partial charge on any atom is -0.383 e. The van der Waals surface area contributed by atoms with Gasteiger partial charge in [0.15, 0.2) is 0 Å². The number of pyridine rings is 1. The summed E-state index contributed by atoms with van der Waals surface area (Å²) < 4.78 is 1.08. The Hall–Kier alpha value is -1.78. The number of fused-ring (bicyclic) bond motifs is 1. The number of aromatic nitrogens is 1. The summed E-state index contributed by atoms with van der Waals surface area (Å²) in [7, 11) is 0. The molecule has 0 fully saturated rings. The van der Waals surface area contributed by atoms with Crippen molar-refractivity contribution in [1.29, 1.82) is 0 Å². The number of benzene rings is 2. The third-order valence-corrected chi connectivity index (χ3v) is 4.08. The summed E-state index contributed by atoms with van der Waals surface area (Å²) in [6, 6.07) is 15.9. The molecule has 1 aromatic heterocycles. The Morgan fingerprint density at radius 1 is 0.955 bits per heavy atom. The number of hydrogen-bond acceptors (Lipinski definition) is 3. The minimum absolute atomic E-state index is 0.703. The Labute approximate surface area is 142 Å². The molecule has 0 saturated carbocycles. The molecule has 3 rings (SSSR count). The van der Waals surface area contributed by atoms with Gasteiger partial charge in [-0.15, -0.1) is 0 Å². The van der Waals surface area contributed by atoms with Crippen LogP contribution in [-0.2, 0) is 0 Å². The van der Waals surface area contributed by atoms with Crippen molar-refractivity contribution in [3.63, 3.8) is 0 Å². The van der Waals surface area contributed by atoms with Gasteiger partial charge < -0.3 is 10.6 Å². The van der Waals surface area contributed by atoms with E-state index in [-0.39, 0.29) is 0 Å². The van der Waals surface area contributed by atoms with E-state index in [0.717, 1.165) is 39.8 Å². The average Bonchev–Trinajstić information content (AvgIpc) is 2.53. The molecule has 1 heterocycles. The van der Waals surface area contributed by atoms with Crippen molar-refractivity contribution in [3.05, 3.63) is 64.2 Å². The number of hydrogen-bond donors (Lipinski definition) is 2. The van der Waals surface area contributed by atoms with Crippen LogP contribution >= 0.6 is 27.5 Å². The topological polar surface area (TPSA) is 37.0 Å². The molecule has 0 radical (unpaired) electrons. The van der Waals surface area contributed by atoms with Crippen LogP contribution in [0.25, 0.3) is 10.9 Å². The van der Waals surface area contributed by atoms with Gasteiger partial charge in [-0.25, -0.2) is 0 Å². The first-order valence-corrected chi connectivity index (χ1v) is 8.17. The number of rotatable bonds is 5. The highest BCUT2D eigenvalue weighted by atomic mass is 79.9. The second-order valence-corrected chi connectivity index (χ2v) is 6.23. The molecule has 0 bridgehead atoms. The van der Waals surface area contributed by atoms with E-state index in [2.05, 4.69) is 31.5 Å². The number of halogens is 2. The van der Waals surface area contributed by atoms with Crippen molar-refractivity contribution in [2.45, 2.75) is 0 Å². The summed E-state index contributed by atoms with van der Waals surface area (Å²) in [5.41, 5.74) is 3.08. The van der Waals surface area contributed by atoms with Gasteiger partial charge in [-0.2, -0.15) is 0 Å². The van der Waals surface area contributed by atoms with E-state index in [4.69, 9.17) is 11.6 Å². The van der Waals surface area contributed by atoms with Crippen LogP contribution in [-0.4, -0.2) is 18.1 Å². The maximum absolute atomic E-state index is 6.00. The van der Waals surface area contributed by atoms with Crippen molar-refractivity contribution in [3.8, 4) is 0 Å². The number of nitrogens with one attached hydrogen (secondary N) is 2. The van der Waals surface area contributed by atoms with Gasteiger partial charge in [0.05, 0.1) is 5.52 Å². The van der Waals surface area contributed by atoms with Gasteiger partial charge in [0.25, 0.3) is 0 Å². The molecular weight excluding hydrogens is 362 g/mol. The van der Waals surface area contributed by atoms with Crippen LogP contribution in [0.2, 0.25) is 5.02 Å². The van der Waals surface area contributed by atoms with E-state index < -0.39 is 0 Å². The molecule has 112 valence electrons. The standard InChI is InChI=1S/C17H15BrClN3/c18-12-1-4-14(5-2-12)20-9-10-22-16-7-8-21-17-11-13(19)3-6-15(16)17/h1-8,11,20H,9-10H2,(H,21,22). The first kappa shape index (κ1) is 15.1. The Morgan fingerprint density at radius 3 is 2.55 bits per heavy atom. The van der Waals surface area contributed by atoms with E-state index >= 15 is 0 Å². The lowest BCUT2D eigenvalue weighted by Gasteiger charge is -2.11. The monoisotopic (exact) mass is 375 g/mol. The fourth-order valence-electron chi connectivity index (χ4n) is 2.25. The molecule has 0 atom stereocenters. The molecule has 22 heavy (non-hydrogen) atoms. The van der Waals surface area contributed by atoms with Gasteiger partial charge >= 0.3 is 0 Å². The molecule has 0 amide bonds. The molecule has 2 N–H and O–H groups in total. The molecule has 3 aromatic rings. The zero-order valence-electron chi connectivity index (χ0n) is 11.8. The smallest absolute Gasteiger partial charge is 0.0737 e. The van der Waals surface area contributed by atoms with Crippen LogP contribution < -0.4 is 10.6 Å². The van der Waals surface area contributed by atoms with E-state index in [1.54, 1.807) is 6.20 Å². The SMILES string of the molecule is Clc1ccc2c(NCCNc3ccc(Br)cc3)ccnc2c1. The first-order chi connectivity index (χ1) is 10.7. The molecule has 0 unspecified atom stereocenters. The van der Waals surface area contributed by atoms with Crippen molar-refractivity contribution >= 4 is 49.8 Å². The van der Waals surface area contributed by atoms with E-state index in [1.807, 2.05) is 48.5 Å². The average molecular weight is 377 g/mol. The summed E-state index contributed by atoms with van der Waals surface area (Å²) in [5, 5.41) is 8.60. The summed E-state index contributed by atoms with van der Waals surface area (Å²) in [6.45, 7) is 1.65. The summed E-state index contributed by atoms with van der Waals surface area (Å²) in [5.74, 6) is 0. The molecule has 0 spiro atoms. The lowest BCUT2D eigenvalue weighted by atomic mass is 10.2. The predicted octanol–water partition coefficient (Wildman–Crippen LogP) is 5.17. The zero-order valence-corrected chi connectivity index (χ0v) is 14.2. The van der Waals surface area contributed by atoms with Crippen LogP contribution in [0.15, 0.2) is 59.2 Å². The van der Waals surface area contributed by atoms with E-state index in [9.17, 15) is 0 Å². The zero-order chi connectivity index (χ0) is 15.4. The Balaban J connectivity index is 1.61. The van der Waals surface area contributed by atoms with Crippen molar-refractivity contribution < 1.29 is 0 Å². The largest absolute Gasteiger partial charge is 0.383 e. The number of nitrogens with zero attached hydrogens (tertiary/aromatic N) is 1. The third kappa shape index (κ3) is 3.70. The van der Waals surface area contributed by atoms with Gasteiger partial charge in [0, 0.05) is 45.5 Å². The van der Waals surface area contributed by atoms with Crippen LogP contribution in [0.3, 0.4) is 0 Å². The molecule has 5 heteroatoms. The summed E-state index contributed by atoms with van der Waals surface area (Å²) in [6.07, 6.45) is 1.79. The lowest BCUT2D eigenvalue weighted by Crippen LogP contribution is -2.13. The van der Waals surface area contributed by atoms with E-state index in [0.29, 0.717) is 5.02 Å². The first-order valence-electron chi connectivity index (χ1n) is 7.00. The lowest BCUT2D eigenvalue weighted by molar-refractivity contribution is 1.08. The predicted molar refractivity (Wildman–Crippen MR) is 97.9 cm³/mol. The Kier molecular flexibility index (Phi) is 4.80. The second-order valence-electron chi connectivity index (χ2n) is 4.88. The molecule has 0 aliphatic carbocycles. The second kappa shape index (κ2) is 6.99. The summed E-state index contributed by atoms with van der Waals surface area (Å²) >= 11 is 9.43. The molecule has 0 aliphatic heterocycles. The highest BCUT2D eigenvalue weighted by molar-refractivity contribution is 9.10. The Morgan fingerprint density at radius 2 is 1.73 bits per heavy atom. The maximum atomic E-state index is 6.00. The van der Waals surface area contributed by atoms with Crippen LogP contribution in [0.4, 0.5) is 11.4 Å². The normalized spacial score (nSPS) is 10.6. The third-order valence-electron chi connectivity index (χ3n) is 3.32. The molecule has 0 aliphatic rings. The van der Waals surface area contributed by atoms with Crippen LogP contribution in [0, 0.1) is 0 Å². The Bertz CT molecular complexity index is 774. The number of anilines is 2. The van der Waals surface area contributed by atoms with Crippen molar-refractivity contribution in [1.82, 2.24) is 4.98 Å². The quantitative estimate of drug-likeness (QED) is 0.603. The van der Waals surface area contributed by atoms with Crippen LogP contribution in [0.5, 0.6) is 0 Å². The molecular formula is C17H15BrClN3. The van der Waals surface area contributed by atoms with Gasteiger partial charge in [-0.05, 0) is 48.5 Å². The minimum atomic E-state index is 0.703. The van der Waals surface area contributed by atoms with E-state index in [1.165, 1.54) is 0 Å². The molecule has 0 saturated heterocycles. The fraction of sp³-hybridized carbons (Fsp3) is 0.118. The van der Waals surface area contributed by atoms with Crippen LogP contribution in [0.1, 0.15) is 0 Å². The molecule has 2 aromatic carbocycles. The van der Waals surface area contributed by atoms with Gasteiger partial charge in [0.2, 0.25) is 0 Å². The molecule has 3 nitrogen and oxygen atoms in total.